The number of fused-ring (bicyclic) bond motifs is 5. The summed E-state index contributed by atoms with van der Waals surface area (Å²) < 4.78 is 0. The van der Waals surface area contributed by atoms with Crippen molar-refractivity contribution in [3.8, 4) is 12.3 Å². The fourth-order valence-electron chi connectivity index (χ4n) is 6.45. The standard InChI is InChI=1S/C21H26O2/c1-4-21(23)10-9-18-17-7-5-14-11-15(22)6-8-16(14)19(17)13(2)12-20(18,21)3/h1,11,16-19,23H,2,5-10,12H2,3H3/t16-,17-,18+,19-,20-,21+/m0/s1. The van der Waals surface area contributed by atoms with Gasteiger partial charge in [-0.25, -0.2) is 0 Å². The van der Waals surface area contributed by atoms with E-state index in [9.17, 15) is 9.90 Å². The van der Waals surface area contributed by atoms with Crippen LogP contribution in [0.5, 0.6) is 0 Å². The van der Waals surface area contributed by atoms with E-state index in [1.54, 1.807) is 0 Å². The maximum absolute atomic E-state index is 11.8. The van der Waals surface area contributed by atoms with Crippen LogP contribution in [0.15, 0.2) is 23.8 Å². The lowest BCUT2D eigenvalue weighted by Gasteiger charge is -2.55. The Balaban J connectivity index is 1.72. The van der Waals surface area contributed by atoms with Gasteiger partial charge in [0, 0.05) is 11.8 Å². The number of terminal acetylenes is 1. The van der Waals surface area contributed by atoms with Gasteiger partial charge in [-0.15, -0.1) is 6.42 Å². The monoisotopic (exact) mass is 310 g/mol. The molecule has 0 spiro atoms. The molecule has 0 aromatic carbocycles. The van der Waals surface area contributed by atoms with Gasteiger partial charge < -0.3 is 5.11 Å². The Hall–Kier alpha value is -1.33. The fourth-order valence-corrected chi connectivity index (χ4v) is 6.45. The molecule has 4 aliphatic carbocycles. The van der Waals surface area contributed by atoms with Crippen LogP contribution in [0.1, 0.15) is 51.9 Å². The zero-order valence-corrected chi connectivity index (χ0v) is 14.0. The molecule has 2 heteroatoms. The highest BCUT2D eigenvalue weighted by molar-refractivity contribution is 5.91. The predicted octanol–water partition coefficient (Wildman–Crippen LogP) is 3.66. The summed E-state index contributed by atoms with van der Waals surface area (Å²) in [5.41, 5.74) is 1.40. The van der Waals surface area contributed by atoms with Gasteiger partial charge >= 0.3 is 0 Å². The third-order valence-electron chi connectivity index (χ3n) is 7.59. The molecule has 4 aliphatic rings. The minimum absolute atomic E-state index is 0.230. The number of hydrogen-bond acceptors (Lipinski definition) is 2. The van der Waals surface area contributed by atoms with Gasteiger partial charge in [-0.1, -0.05) is 30.6 Å². The highest BCUT2D eigenvalue weighted by atomic mass is 16.3. The van der Waals surface area contributed by atoms with E-state index in [0.717, 1.165) is 32.1 Å². The second-order valence-corrected chi connectivity index (χ2v) is 8.46. The van der Waals surface area contributed by atoms with Gasteiger partial charge in [-0.3, -0.25) is 4.79 Å². The fraction of sp³-hybridized carbons (Fsp3) is 0.667. The van der Waals surface area contributed by atoms with Crippen molar-refractivity contribution >= 4 is 5.78 Å². The Morgan fingerprint density at radius 2 is 2.13 bits per heavy atom. The lowest BCUT2D eigenvalue weighted by atomic mass is 9.49. The topological polar surface area (TPSA) is 37.3 Å². The van der Waals surface area contributed by atoms with Crippen molar-refractivity contribution in [1.29, 1.82) is 0 Å². The molecule has 0 unspecified atom stereocenters. The van der Waals surface area contributed by atoms with Crippen molar-refractivity contribution in [2.75, 3.05) is 0 Å². The van der Waals surface area contributed by atoms with Crippen LogP contribution in [0.2, 0.25) is 0 Å². The molecule has 0 saturated heterocycles. The van der Waals surface area contributed by atoms with E-state index in [1.807, 2.05) is 6.08 Å². The molecule has 4 rings (SSSR count). The minimum Gasteiger partial charge on any atom is -0.377 e. The Kier molecular flexibility index (Phi) is 3.20. The van der Waals surface area contributed by atoms with Gasteiger partial charge in [0.05, 0.1) is 0 Å². The van der Waals surface area contributed by atoms with Gasteiger partial charge in [0.1, 0.15) is 5.60 Å². The molecule has 2 nitrogen and oxygen atoms in total. The molecule has 1 N–H and O–H groups in total. The first-order valence-electron chi connectivity index (χ1n) is 9.01. The molecule has 0 bridgehead atoms. The molecule has 0 heterocycles. The third kappa shape index (κ3) is 1.89. The summed E-state index contributed by atoms with van der Waals surface area (Å²) >= 11 is 0. The van der Waals surface area contributed by atoms with E-state index in [0.29, 0.717) is 42.3 Å². The van der Waals surface area contributed by atoms with E-state index in [2.05, 4.69) is 19.4 Å². The molecule has 0 aromatic rings. The van der Waals surface area contributed by atoms with Crippen molar-refractivity contribution in [3.05, 3.63) is 23.8 Å². The largest absolute Gasteiger partial charge is 0.377 e. The average molecular weight is 310 g/mol. The molecular weight excluding hydrogens is 284 g/mol. The van der Waals surface area contributed by atoms with Crippen molar-refractivity contribution in [2.45, 2.75) is 57.5 Å². The predicted molar refractivity (Wildman–Crippen MR) is 90.4 cm³/mol. The number of allylic oxidation sites excluding steroid dienone is 2. The molecule has 23 heavy (non-hydrogen) atoms. The van der Waals surface area contributed by atoms with Gasteiger partial charge in [0.2, 0.25) is 0 Å². The summed E-state index contributed by atoms with van der Waals surface area (Å²) in [7, 11) is 0. The van der Waals surface area contributed by atoms with Crippen LogP contribution >= 0.6 is 0 Å². The van der Waals surface area contributed by atoms with Gasteiger partial charge in [0.15, 0.2) is 5.78 Å². The Bertz CT molecular complexity index is 651. The summed E-state index contributed by atoms with van der Waals surface area (Å²) in [6.07, 6.45) is 14.0. The van der Waals surface area contributed by atoms with Gasteiger partial charge in [-0.2, -0.15) is 0 Å². The van der Waals surface area contributed by atoms with E-state index in [-0.39, 0.29) is 5.41 Å². The highest BCUT2D eigenvalue weighted by Gasteiger charge is 2.62. The molecule has 0 aliphatic heterocycles. The zero-order chi connectivity index (χ0) is 16.4. The molecule has 0 amide bonds. The molecule has 122 valence electrons. The molecule has 3 saturated carbocycles. The highest BCUT2D eigenvalue weighted by Crippen LogP contribution is 2.65. The van der Waals surface area contributed by atoms with E-state index in [4.69, 9.17) is 6.42 Å². The minimum atomic E-state index is -0.982. The SMILES string of the molecule is C#C[C@@]1(O)CC[C@@H]2[C@@H]3CCC4=CC(=O)CC[C@@H]4[C@@H]3C(=C)C[C@@]21C. The number of aliphatic hydroxyl groups is 1. The maximum Gasteiger partial charge on any atom is 0.155 e. The number of carbonyl (C=O) groups excluding carboxylic acids is 1. The van der Waals surface area contributed by atoms with E-state index >= 15 is 0 Å². The smallest absolute Gasteiger partial charge is 0.155 e. The zero-order valence-electron chi connectivity index (χ0n) is 14.0. The van der Waals surface area contributed by atoms with Crippen molar-refractivity contribution in [2.24, 2.45) is 29.1 Å². The normalized spacial score (nSPS) is 48.8. The van der Waals surface area contributed by atoms with Gasteiger partial charge in [-0.05, 0) is 68.3 Å². The number of hydrogen-bond donors (Lipinski definition) is 1. The van der Waals surface area contributed by atoms with Crippen LogP contribution in [-0.2, 0) is 4.79 Å². The lowest BCUT2D eigenvalue weighted by molar-refractivity contribution is -0.116. The van der Waals surface area contributed by atoms with Crippen LogP contribution in [0.25, 0.3) is 0 Å². The first-order chi connectivity index (χ1) is 10.9. The number of carbonyl (C=O) groups is 1. The molecule has 0 aromatic heterocycles. The summed E-state index contributed by atoms with van der Waals surface area (Å²) in [6, 6.07) is 0. The van der Waals surface area contributed by atoms with Crippen LogP contribution < -0.4 is 0 Å². The van der Waals surface area contributed by atoms with E-state index in [1.165, 1.54) is 11.1 Å². The average Bonchev–Trinajstić information content (AvgIpc) is 2.78. The molecule has 6 atom stereocenters. The second kappa shape index (κ2) is 4.84. The number of ketones is 1. The molecule has 0 radical (unpaired) electrons. The van der Waals surface area contributed by atoms with Crippen molar-refractivity contribution < 1.29 is 9.90 Å². The van der Waals surface area contributed by atoms with Crippen LogP contribution in [0.4, 0.5) is 0 Å². The lowest BCUT2D eigenvalue weighted by Crippen LogP contribution is -2.52. The molecular formula is C21H26O2. The first-order valence-corrected chi connectivity index (χ1v) is 9.01. The summed E-state index contributed by atoms with van der Waals surface area (Å²) in [4.78, 5) is 11.8. The van der Waals surface area contributed by atoms with Crippen LogP contribution in [0, 0.1) is 41.4 Å². The summed E-state index contributed by atoms with van der Waals surface area (Å²) in [5.74, 6) is 5.05. The first kappa shape index (κ1) is 15.2. The van der Waals surface area contributed by atoms with Crippen LogP contribution in [-0.4, -0.2) is 16.5 Å². The number of rotatable bonds is 0. The van der Waals surface area contributed by atoms with Gasteiger partial charge in [0.25, 0.3) is 0 Å². The summed E-state index contributed by atoms with van der Waals surface area (Å²) in [5, 5.41) is 11.0. The Morgan fingerprint density at radius 1 is 1.35 bits per heavy atom. The van der Waals surface area contributed by atoms with E-state index < -0.39 is 5.60 Å². The Labute approximate surface area is 139 Å². The van der Waals surface area contributed by atoms with Crippen molar-refractivity contribution in [3.63, 3.8) is 0 Å². The second-order valence-electron chi connectivity index (χ2n) is 8.46. The van der Waals surface area contributed by atoms with Crippen LogP contribution in [0.3, 0.4) is 0 Å². The maximum atomic E-state index is 11.8. The Morgan fingerprint density at radius 3 is 2.87 bits per heavy atom. The summed E-state index contributed by atoms with van der Waals surface area (Å²) in [6.45, 7) is 6.60. The third-order valence-corrected chi connectivity index (χ3v) is 7.59. The molecule has 3 fully saturated rings. The van der Waals surface area contributed by atoms with Crippen molar-refractivity contribution in [1.82, 2.24) is 0 Å². The quantitative estimate of drug-likeness (QED) is 0.548.